The van der Waals surface area contributed by atoms with Crippen molar-refractivity contribution in [1.29, 1.82) is 0 Å². The Labute approximate surface area is 290 Å². The molecule has 4 rings (SSSR count). The first-order valence-corrected chi connectivity index (χ1v) is 15.9. The molecule has 0 spiro atoms. The molecule has 0 heterocycles. The molecule has 0 atom stereocenters. The fraction of sp³-hybridized carbons (Fsp3) is 0.0667. The molecule has 17 heteroatoms. The molecule has 0 fully saturated rings. The molecule has 0 amide bonds. The minimum atomic E-state index is -4.79. The van der Waals surface area contributed by atoms with Crippen molar-refractivity contribution in [2.45, 2.75) is 22.9 Å². The topological polar surface area (TPSA) is 248 Å². The minimum absolute atomic E-state index is 0. The number of anilines is 2. The Bertz CT molecular complexity index is 1950. The molecule has 0 aromatic heterocycles. The summed E-state index contributed by atoms with van der Waals surface area (Å²) in [7, 11) is -9.58. The van der Waals surface area contributed by atoms with E-state index in [4.69, 9.17) is 0 Å². The summed E-state index contributed by atoms with van der Waals surface area (Å²) >= 11 is 0. The minimum Gasteiger partial charge on any atom is -0.507 e. The Balaban J connectivity index is 0.00000600. The van der Waals surface area contributed by atoms with Crippen LogP contribution in [0, 0.1) is 0 Å². The summed E-state index contributed by atoms with van der Waals surface area (Å²) in [5.41, 5.74) is 0.663. The van der Waals surface area contributed by atoms with Crippen molar-refractivity contribution in [3.63, 3.8) is 0 Å². The van der Waals surface area contributed by atoms with Crippen molar-refractivity contribution < 1.29 is 85.5 Å². The van der Waals surface area contributed by atoms with E-state index in [9.17, 15) is 56.0 Å². The zero-order valence-electron chi connectivity index (χ0n) is 24.4. The van der Waals surface area contributed by atoms with Gasteiger partial charge in [0, 0.05) is 24.5 Å². The fourth-order valence-corrected chi connectivity index (χ4v) is 5.75. The van der Waals surface area contributed by atoms with Crippen LogP contribution in [0.1, 0.15) is 43.0 Å². The zero-order valence-corrected chi connectivity index (χ0v) is 28.1. The van der Waals surface area contributed by atoms with Crippen molar-refractivity contribution >= 4 is 55.7 Å². The van der Waals surface area contributed by atoms with Crippen LogP contribution in [0.5, 0.6) is 11.5 Å². The van der Waals surface area contributed by atoms with E-state index in [-0.39, 0.29) is 76.3 Å². The number of carboxylic acid groups (broad SMARTS) is 2. The number of benzene rings is 4. The molecule has 0 aliphatic carbocycles. The molecule has 240 valence electrons. The van der Waals surface area contributed by atoms with Gasteiger partial charge in [-0.25, -0.2) is 9.59 Å². The largest absolute Gasteiger partial charge is 1.00 e. The van der Waals surface area contributed by atoms with E-state index in [1.165, 1.54) is 72.8 Å². The second-order valence-electron chi connectivity index (χ2n) is 9.81. The number of nitrogens with one attached hydrogen (secondary N) is 2. The Kier molecular flexibility index (Phi) is 11.8. The van der Waals surface area contributed by atoms with Crippen LogP contribution in [0.3, 0.4) is 0 Å². The standard InChI is InChI=1S/C30H26N2O12S2.Na/c33-25-9-1-17(11-23(25)29(35)36)15-31-21-7-5-19(27(13-21)45(39,40)41)3-4-20-6-8-22(14-28(20)46(42,43)44)32-16-18-2-10-26(34)24(12-18)30(37)38;/h1-14,31-34H,15-16H2,(H,35,36)(H,37,38)(H,39,40,41)(H,42,43,44);/q;+1/b4-3+;. The van der Waals surface area contributed by atoms with Crippen LogP contribution in [0.4, 0.5) is 11.4 Å². The second-order valence-corrected chi connectivity index (χ2v) is 12.6. The fourth-order valence-electron chi connectivity index (χ4n) is 4.33. The van der Waals surface area contributed by atoms with E-state index in [1.54, 1.807) is 0 Å². The Hall–Kier alpha value is -4.42. The van der Waals surface area contributed by atoms with Gasteiger partial charge in [-0.05, 0) is 70.8 Å². The monoisotopic (exact) mass is 693 g/mol. The summed E-state index contributed by atoms with van der Waals surface area (Å²) in [5, 5.41) is 43.5. The SMILES string of the molecule is O=C(O)c1cc(CNc2ccc(/C=C/c3ccc(NCc4ccc(O)c(C(=O)O)c4)cc3S(=O)(=O)O)c(S(=O)(=O)O)c2)ccc1O.[Na+]. The van der Waals surface area contributed by atoms with E-state index in [2.05, 4.69) is 10.6 Å². The van der Waals surface area contributed by atoms with Gasteiger partial charge in [-0.15, -0.1) is 0 Å². The van der Waals surface area contributed by atoms with Gasteiger partial charge in [0.1, 0.15) is 32.4 Å². The van der Waals surface area contributed by atoms with Crippen LogP contribution in [0.15, 0.2) is 82.6 Å². The van der Waals surface area contributed by atoms with Crippen LogP contribution in [-0.4, -0.2) is 58.3 Å². The normalized spacial score (nSPS) is 11.5. The smallest absolute Gasteiger partial charge is 0.507 e. The van der Waals surface area contributed by atoms with Gasteiger partial charge in [-0.1, -0.05) is 36.4 Å². The van der Waals surface area contributed by atoms with Gasteiger partial charge in [-0.2, -0.15) is 16.8 Å². The second kappa shape index (κ2) is 15.0. The predicted octanol–water partition coefficient (Wildman–Crippen LogP) is 1.39. The molecule has 0 unspecified atom stereocenters. The van der Waals surface area contributed by atoms with Gasteiger partial charge >= 0.3 is 41.5 Å². The average Bonchev–Trinajstić information content (AvgIpc) is 2.98. The van der Waals surface area contributed by atoms with Gasteiger partial charge in [0.05, 0.1) is 0 Å². The molecule has 4 aromatic carbocycles. The van der Waals surface area contributed by atoms with Crippen molar-refractivity contribution in [3.05, 3.63) is 106 Å². The summed E-state index contributed by atoms with van der Waals surface area (Å²) < 4.78 is 68.5. The Morgan fingerprint density at radius 2 is 0.957 bits per heavy atom. The van der Waals surface area contributed by atoms with E-state index < -0.39 is 53.5 Å². The van der Waals surface area contributed by atoms with Gasteiger partial charge < -0.3 is 31.1 Å². The van der Waals surface area contributed by atoms with E-state index >= 15 is 0 Å². The van der Waals surface area contributed by atoms with Crippen LogP contribution in [0.2, 0.25) is 0 Å². The maximum Gasteiger partial charge on any atom is 1.00 e. The number of rotatable bonds is 12. The molecule has 0 radical (unpaired) electrons. The molecule has 0 bridgehead atoms. The number of aromatic carboxylic acids is 2. The van der Waals surface area contributed by atoms with Crippen LogP contribution < -0.4 is 40.2 Å². The van der Waals surface area contributed by atoms with E-state index in [0.29, 0.717) is 11.1 Å². The number of carboxylic acids is 2. The van der Waals surface area contributed by atoms with E-state index in [1.807, 2.05) is 0 Å². The van der Waals surface area contributed by atoms with Crippen LogP contribution in [0.25, 0.3) is 12.2 Å². The average molecular weight is 694 g/mol. The molecular weight excluding hydrogens is 667 g/mol. The molecular formula is C30H26N2NaO12S2+. The summed E-state index contributed by atoms with van der Waals surface area (Å²) in [6, 6.07) is 15.6. The third-order valence-corrected chi connectivity index (χ3v) is 8.42. The summed E-state index contributed by atoms with van der Waals surface area (Å²) in [5.74, 6) is -3.52. The van der Waals surface area contributed by atoms with Gasteiger partial charge in [0.2, 0.25) is 0 Å². The molecule has 4 aromatic rings. The summed E-state index contributed by atoms with van der Waals surface area (Å²) in [4.78, 5) is 21.5. The molecule has 0 saturated heterocycles. The molecule has 8 N–H and O–H groups in total. The van der Waals surface area contributed by atoms with Gasteiger partial charge in [0.25, 0.3) is 20.2 Å². The van der Waals surface area contributed by atoms with Gasteiger partial charge in [0.15, 0.2) is 0 Å². The van der Waals surface area contributed by atoms with Crippen molar-refractivity contribution in [2.75, 3.05) is 10.6 Å². The Morgan fingerprint density at radius 1 is 0.596 bits per heavy atom. The van der Waals surface area contributed by atoms with E-state index in [0.717, 1.165) is 12.1 Å². The molecule has 0 saturated carbocycles. The maximum absolute atomic E-state index is 12.2. The van der Waals surface area contributed by atoms with Crippen molar-refractivity contribution in [1.82, 2.24) is 0 Å². The summed E-state index contributed by atoms with van der Waals surface area (Å²) in [6.07, 6.45) is 2.43. The quantitative estimate of drug-likeness (QED) is 0.0594. The zero-order chi connectivity index (χ0) is 33.8. The number of aromatic hydroxyl groups is 2. The molecule has 47 heavy (non-hydrogen) atoms. The van der Waals surface area contributed by atoms with Crippen molar-refractivity contribution in [3.8, 4) is 11.5 Å². The third-order valence-electron chi connectivity index (χ3n) is 6.60. The van der Waals surface area contributed by atoms with Crippen molar-refractivity contribution in [2.24, 2.45) is 0 Å². The third kappa shape index (κ3) is 9.55. The first-order chi connectivity index (χ1) is 21.5. The van der Waals surface area contributed by atoms with Gasteiger partial charge in [-0.3, -0.25) is 9.11 Å². The number of hydrogen-bond donors (Lipinski definition) is 8. The number of carbonyl (C=O) groups is 2. The number of hydrogen-bond acceptors (Lipinski definition) is 10. The number of phenols is 2. The Morgan fingerprint density at radius 3 is 1.28 bits per heavy atom. The molecule has 14 nitrogen and oxygen atoms in total. The first kappa shape index (κ1) is 37.0. The van der Waals surface area contributed by atoms with Crippen LogP contribution >= 0.6 is 0 Å². The van der Waals surface area contributed by atoms with Crippen LogP contribution in [-0.2, 0) is 33.3 Å². The summed E-state index contributed by atoms with van der Waals surface area (Å²) in [6.45, 7) is 0.0679. The molecule has 0 aliphatic heterocycles. The maximum atomic E-state index is 12.2. The molecule has 0 aliphatic rings. The predicted molar refractivity (Wildman–Crippen MR) is 166 cm³/mol. The first-order valence-electron chi connectivity index (χ1n) is 13.0.